The van der Waals surface area contributed by atoms with Crippen molar-refractivity contribution >= 4 is 17.6 Å². The van der Waals surface area contributed by atoms with E-state index in [0.29, 0.717) is 6.42 Å². The highest BCUT2D eigenvalue weighted by Gasteiger charge is 2.14. The Labute approximate surface area is 106 Å². The second kappa shape index (κ2) is 6.05. The summed E-state index contributed by atoms with van der Waals surface area (Å²) in [5.74, 6) is 2.36. The van der Waals surface area contributed by atoms with E-state index in [1.54, 1.807) is 11.8 Å². The second-order valence-corrected chi connectivity index (χ2v) is 5.40. The van der Waals surface area contributed by atoms with Crippen molar-refractivity contribution in [2.45, 2.75) is 50.2 Å². The number of aromatic nitrogens is 3. The van der Waals surface area contributed by atoms with Gasteiger partial charge in [0.15, 0.2) is 5.16 Å². The van der Waals surface area contributed by atoms with Crippen molar-refractivity contribution in [1.29, 1.82) is 5.41 Å². The Hall–Kier alpha value is -1.04. The SMILES string of the molecule is N=C(N)CCCSc1nnc2n1CCCCC2. The van der Waals surface area contributed by atoms with Crippen molar-refractivity contribution in [3.8, 4) is 0 Å². The van der Waals surface area contributed by atoms with Gasteiger partial charge in [0, 0.05) is 25.1 Å². The first-order valence-corrected chi connectivity index (χ1v) is 7.13. The highest BCUT2D eigenvalue weighted by atomic mass is 32.2. The maximum Gasteiger partial charge on any atom is 0.191 e. The molecular weight excluding hydrogens is 234 g/mol. The van der Waals surface area contributed by atoms with Crippen molar-refractivity contribution in [2.24, 2.45) is 5.73 Å². The molecule has 2 rings (SSSR count). The van der Waals surface area contributed by atoms with E-state index in [-0.39, 0.29) is 5.84 Å². The van der Waals surface area contributed by atoms with Gasteiger partial charge in [0.25, 0.3) is 0 Å². The van der Waals surface area contributed by atoms with Crippen LogP contribution in [0, 0.1) is 5.41 Å². The predicted molar refractivity (Wildman–Crippen MR) is 69.4 cm³/mol. The first-order valence-electron chi connectivity index (χ1n) is 6.15. The quantitative estimate of drug-likeness (QED) is 0.363. The van der Waals surface area contributed by atoms with Crippen LogP contribution in [0.5, 0.6) is 0 Å². The van der Waals surface area contributed by atoms with Gasteiger partial charge in [-0.05, 0) is 19.3 Å². The highest BCUT2D eigenvalue weighted by Crippen LogP contribution is 2.22. The number of aryl methyl sites for hydroxylation is 1. The summed E-state index contributed by atoms with van der Waals surface area (Å²) < 4.78 is 2.26. The Bertz CT molecular complexity index is 387. The molecule has 1 aromatic heterocycles. The van der Waals surface area contributed by atoms with E-state index in [4.69, 9.17) is 11.1 Å². The van der Waals surface area contributed by atoms with Gasteiger partial charge in [0.2, 0.25) is 0 Å². The number of thioether (sulfide) groups is 1. The summed E-state index contributed by atoms with van der Waals surface area (Å²) in [5.41, 5.74) is 5.32. The van der Waals surface area contributed by atoms with Crippen LogP contribution in [-0.2, 0) is 13.0 Å². The van der Waals surface area contributed by atoms with E-state index in [2.05, 4.69) is 14.8 Å². The fraction of sp³-hybridized carbons (Fsp3) is 0.727. The molecule has 0 bridgehead atoms. The molecule has 0 radical (unpaired) electrons. The Morgan fingerprint density at radius 1 is 1.35 bits per heavy atom. The standard InChI is InChI=1S/C11H19N5S/c12-9(13)5-4-8-17-11-15-14-10-6-2-1-3-7-16(10)11/h1-8H2,(H3,12,13). The molecule has 0 spiro atoms. The molecule has 3 N–H and O–H groups in total. The van der Waals surface area contributed by atoms with Crippen LogP contribution < -0.4 is 5.73 Å². The van der Waals surface area contributed by atoms with Crippen molar-refractivity contribution in [2.75, 3.05) is 5.75 Å². The van der Waals surface area contributed by atoms with Crippen LogP contribution in [0.25, 0.3) is 0 Å². The van der Waals surface area contributed by atoms with E-state index in [9.17, 15) is 0 Å². The molecule has 0 saturated carbocycles. The van der Waals surface area contributed by atoms with Crippen molar-refractivity contribution in [3.05, 3.63) is 5.82 Å². The molecule has 0 atom stereocenters. The van der Waals surface area contributed by atoms with Crippen molar-refractivity contribution in [3.63, 3.8) is 0 Å². The highest BCUT2D eigenvalue weighted by molar-refractivity contribution is 7.99. The number of nitrogens with one attached hydrogen (secondary N) is 1. The molecule has 17 heavy (non-hydrogen) atoms. The van der Waals surface area contributed by atoms with Gasteiger partial charge >= 0.3 is 0 Å². The normalized spacial score (nSPS) is 15.3. The van der Waals surface area contributed by atoms with Gasteiger partial charge < -0.3 is 10.3 Å². The average molecular weight is 253 g/mol. The molecule has 1 aromatic rings. The van der Waals surface area contributed by atoms with E-state index in [1.807, 2.05) is 0 Å². The number of nitrogens with two attached hydrogens (primary N) is 1. The van der Waals surface area contributed by atoms with Crippen LogP contribution >= 0.6 is 11.8 Å². The lowest BCUT2D eigenvalue weighted by Crippen LogP contribution is -2.09. The molecule has 0 aliphatic carbocycles. The zero-order valence-corrected chi connectivity index (χ0v) is 10.8. The van der Waals surface area contributed by atoms with Crippen LogP contribution in [0.4, 0.5) is 0 Å². The van der Waals surface area contributed by atoms with Gasteiger partial charge in [-0.2, -0.15) is 0 Å². The van der Waals surface area contributed by atoms with Gasteiger partial charge in [0.05, 0.1) is 5.84 Å². The molecule has 0 aromatic carbocycles. The Balaban J connectivity index is 1.88. The van der Waals surface area contributed by atoms with Crippen LogP contribution in [0.3, 0.4) is 0 Å². The zero-order chi connectivity index (χ0) is 12.1. The topological polar surface area (TPSA) is 80.6 Å². The molecule has 1 aliphatic rings. The van der Waals surface area contributed by atoms with E-state index in [1.165, 1.54) is 19.3 Å². The number of hydrogen-bond acceptors (Lipinski definition) is 4. The van der Waals surface area contributed by atoms with E-state index >= 15 is 0 Å². The molecule has 2 heterocycles. The monoisotopic (exact) mass is 253 g/mol. The summed E-state index contributed by atoms with van der Waals surface area (Å²) in [4.78, 5) is 0. The first kappa shape index (κ1) is 12.4. The third-order valence-electron chi connectivity index (χ3n) is 2.90. The van der Waals surface area contributed by atoms with Crippen LogP contribution in [0.2, 0.25) is 0 Å². The third-order valence-corrected chi connectivity index (χ3v) is 3.95. The summed E-state index contributed by atoms with van der Waals surface area (Å²) in [6.07, 6.45) is 6.41. The summed E-state index contributed by atoms with van der Waals surface area (Å²) in [7, 11) is 0. The fourth-order valence-electron chi connectivity index (χ4n) is 1.99. The van der Waals surface area contributed by atoms with Gasteiger partial charge in [0.1, 0.15) is 5.82 Å². The minimum absolute atomic E-state index is 0.269. The van der Waals surface area contributed by atoms with Gasteiger partial charge in [-0.3, -0.25) is 5.41 Å². The van der Waals surface area contributed by atoms with E-state index in [0.717, 1.165) is 36.1 Å². The smallest absolute Gasteiger partial charge is 0.191 e. The minimum Gasteiger partial charge on any atom is -0.388 e. The Morgan fingerprint density at radius 2 is 2.24 bits per heavy atom. The molecule has 5 nitrogen and oxygen atoms in total. The van der Waals surface area contributed by atoms with Crippen LogP contribution in [0.1, 0.15) is 37.9 Å². The molecule has 6 heteroatoms. The summed E-state index contributed by atoms with van der Waals surface area (Å²) in [6.45, 7) is 1.05. The number of fused-ring (bicyclic) bond motifs is 1. The Kier molecular flexibility index (Phi) is 4.42. The van der Waals surface area contributed by atoms with Gasteiger partial charge in [-0.15, -0.1) is 10.2 Å². The molecule has 94 valence electrons. The molecule has 0 fully saturated rings. The lowest BCUT2D eigenvalue weighted by Gasteiger charge is -2.05. The molecule has 1 aliphatic heterocycles. The summed E-state index contributed by atoms with van der Waals surface area (Å²) in [6, 6.07) is 0. The summed E-state index contributed by atoms with van der Waals surface area (Å²) in [5, 5.41) is 16.7. The van der Waals surface area contributed by atoms with Gasteiger partial charge in [-0.25, -0.2) is 0 Å². The maximum absolute atomic E-state index is 7.16. The summed E-state index contributed by atoms with van der Waals surface area (Å²) >= 11 is 1.73. The first-order chi connectivity index (χ1) is 8.27. The number of nitrogens with zero attached hydrogens (tertiary/aromatic N) is 3. The van der Waals surface area contributed by atoms with Crippen LogP contribution in [0.15, 0.2) is 5.16 Å². The zero-order valence-electron chi connectivity index (χ0n) is 9.98. The number of hydrogen-bond donors (Lipinski definition) is 2. The molecule has 0 unspecified atom stereocenters. The lowest BCUT2D eigenvalue weighted by atomic mass is 10.2. The lowest BCUT2D eigenvalue weighted by molar-refractivity contribution is 0.591. The number of amidine groups is 1. The Morgan fingerprint density at radius 3 is 3.06 bits per heavy atom. The molecular formula is C11H19N5S. The van der Waals surface area contributed by atoms with Gasteiger partial charge in [-0.1, -0.05) is 18.2 Å². The molecule has 0 saturated heterocycles. The second-order valence-electron chi connectivity index (χ2n) is 4.34. The van der Waals surface area contributed by atoms with E-state index < -0.39 is 0 Å². The average Bonchev–Trinajstić information content (AvgIpc) is 2.54. The minimum atomic E-state index is 0.269. The fourth-order valence-corrected chi connectivity index (χ4v) is 2.91. The maximum atomic E-state index is 7.16. The van der Waals surface area contributed by atoms with Crippen molar-refractivity contribution < 1.29 is 0 Å². The third kappa shape index (κ3) is 3.46. The van der Waals surface area contributed by atoms with Crippen molar-refractivity contribution in [1.82, 2.24) is 14.8 Å². The largest absolute Gasteiger partial charge is 0.388 e. The number of rotatable bonds is 5. The molecule has 0 amide bonds. The predicted octanol–water partition coefficient (Wildman–Crippen LogP) is 1.81. The van der Waals surface area contributed by atoms with Crippen LogP contribution in [-0.4, -0.2) is 26.4 Å².